The fourth-order valence-corrected chi connectivity index (χ4v) is 3.56. The van der Waals surface area contributed by atoms with E-state index in [1.165, 1.54) is 0 Å². The van der Waals surface area contributed by atoms with Gasteiger partial charge in [-0.1, -0.05) is 54.6 Å². The molecule has 208 valence electrons. The lowest BCUT2D eigenvalue weighted by atomic mass is 10.1. The second kappa shape index (κ2) is 16.8. The van der Waals surface area contributed by atoms with E-state index in [4.69, 9.17) is 24.7 Å². The van der Waals surface area contributed by atoms with Crippen LogP contribution < -0.4 is 25.3 Å². The molecule has 8 nitrogen and oxygen atoms in total. The van der Waals surface area contributed by atoms with Gasteiger partial charge >= 0.3 is 6.16 Å². The van der Waals surface area contributed by atoms with E-state index in [0.717, 1.165) is 28.2 Å². The number of nitrogens with one attached hydrogen (secondary N) is 1. The minimum atomic E-state index is -0.854. The Kier molecular flexibility index (Phi) is 13.4. The first kappa shape index (κ1) is 31.2. The molecule has 0 bridgehead atoms. The minimum absolute atomic E-state index is 0. The van der Waals surface area contributed by atoms with Crippen LogP contribution in [0.3, 0.4) is 0 Å². The molecular weight excluding hydrogens is 520 g/mol. The second-order valence-corrected chi connectivity index (χ2v) is 8.29. The monoisotopic (exact) mass is 554 g/mol. The fraction of sp³-hybridized carbons (Fsp3) is 0.267. The smallest absolute Gasteiger partial charge is 0.494 e. The molecule has 3 rings (SSSR count). The molecule has 0 aliphatic carbocycles. The molecule has 1 unspecified atom stereocenters. The van der Waals surface area contributed by atoms with Gasteiger partial charge in [0, 0.05) is 6.07 Å². The molecule has 0 fully saturated rings. The quantitative estimate of drug-likeness (QED) is 0.128. The van der Waals surface area contributed by atoms with Crippen molar-refractivity contribution in [3.8, 4) is 17.2 Å². The molecule has 9 heteroatoms. The van der Waals surface area contributed by atoms with Crippen LogP contribution in [0, 0.1) is 0 Å². The van der Waals surface area contributed by atoms with Crippen LogP contribution in [0.25, 0.3) is 12.2 Å². The summed E-state index contributed by atoms with van der Waals surface area (Å²) in [4.78, 5) is 24.1. The van der Waals surface area contributed by atoms with Crippen LogP contribution in [0.2, 0.25) is 0 Å². The minimum Gasteiger partial charge on any atom is -0.494 e. The van der Waals surface area contributed by atoms with Gasteiger partial charge in [-0.25, -0.2) is 4.79 Å². The number of halogens is 1. The largest absolute Gasteiger partial charge is 0.513 e. The summed E-state index contributed by atoms with van der Waals surface area (Å²) in [5, 5.41) is 2.66. The molecule has 1 amide bonds. The number of rotatable bonds is 13. The highest BCUT2D eigenvalue weighted by Crippen LogP contribution is 2.25. The van der Waals surface area contributed by atoms with Crippen molar-refractivity contribution in [1.82, 2.24) is 5.32 Å². The van der Waals surface area contributed by atoms with Gasteiger partial charge in [0.05, 0.1) is 25.8 Å². The lowest BCUT2D eigenvalue weighted by molar-refractivity contribution is -0.122. The number of nitrogens with two attached hydrogens (primary N) is 1. The van der Waals surface area contributed by atoms with Gasteiger partial charge in [-0.15, -0.1) is 12.4 Å². The van der Waals surface area contributed by atoms with Gasteiger partial charge in [0.15, 0.2) is 0 Å². The third-order valence-electron chi connectivity index (χ3n) is 5.33. The molecule has 0 saturated carbocycles. The van der Waals surface area contributed by atoms with Crippen LogP contribution in [0.4, 0.5) is 4.79 Å². The summed E-state index contributed by atoms with van der Waals surface area (Å²) in [7, 11) is 0. The number of carbonyl (C=O) groups is 2. The Morgan fingerprint density at radius 1 is 0.846 bits per heavy atom. The summed E-state index contributed by atoms with van der Waals surface area (Å²) < 4.78 is 21.5. The summed E-state index contributed by atoms with van der Waals surface area (Å²) in [5.74, 6) is 1.52. The first-order valence-electron chi connectivity index (χ1n) is 12.6. The normalized spacial score (nSPS) is 11.3. The highest BCUT2D eigenvalue weighted by atomic mass is 35.5. The molecule has 0 aliphatic heterocycles. The Balaban J connectivity index is 0.00000533. The van der Waals surface area contributed by atoms with Crippen molar-refractivity contribution in [2.75, 3.05) is 26.4 Å². The molecule has 0 spiro atoms. The van der Waals surface area contributed by atoms with Crippen LogP contribution >= 0.6 is 12.4 Å². The summed E-state index contributed by atoms with van der Waals surface area (Å²) in [6, 6.07) is 21.6. The predicted molar refractivity (Wildman–Crippen MR) is 155 cm³/mol. The maximum Gasteiger partial charge on any atom is 0.513 e. The van der Waals surface area contributed by atoms with E-state index in [0.29, 0.717) is 25.4 Å². The Morgan fingerprint density at radius 2 is 1.46 bits per heavy atom. The molecule has 1 atom stereocenters. The van der Waals surface area contributed by atoms with Crippen molar-refractivity contribution in [3.63, 3.8) is 0 Å². The zero-order valence-corrected chi connectivity index (χ0v) is 22.9. The number of carbonyl (C=O) groups excluding carboxylic acids is 2. The molecule has 0 heterocycles. The molecule has 0 saturated heterocycles. The summed E-state index contributed by atoms with van der Waals surface area (Å²) in [5.41, 5.74) is 8.77. The van der Waals surface area contributed by atoms with Crippen molar-refractivity contribution in [2.24, 2.45) is 5.73 Å². The van der Waals surface area contributed by atoms with Gasteiger partial charge in [0.2, 0.25) is 5.91 Å². The molecule has 0 aromatic heterocycles. The lowest BCUT2D eigenvalue weighted by Crippen LogP contribution is -2.43. The predicted octanol–water partition coefficient (Wildman–Crippen LogP) is 5.28. The topological polar surface area (TPSA) is 109 Å². The first-order chi connectivity index (χ1) is 18.5. The Labute approximate surface area is 235 Å². The second-order valence-electron chi connectivity index (χ2n) is 8.29. The van der Waals surface area contributed by atoms with E-state index >= 15 is 0 Å². The van der Waals surface area contributed by atoms with Crippen molar-refractivity contribution in [2.45, 2.75) is 26.3 Å². The number of hydrogen-bond donors (Lipinski definition) is 2. The molecule has 3 N–H and O–H groups in total. The van der Waals surface area contributed by atoms with Crippen molar-refractivity contribution in [3.05, 3.63) is 89.5 Å². The highest BCUT2D eigenvalue weighted by molar-refractivity contribution is 5.85. The number of benzene rings is 3. The van der Waals surface area contributed by atoms with Crippen LogP contribution in [0.1, 0.15) is 30.5 Å². The highest BCUT2D eigenvalue weighted by Gasteiger charge is 2.14. The Morgan fingerprint density at radius 3 is 2.08 bits per heavy atom. The van der Waals surface area contributed by atoms with E-state index in [1.54, 1.807) is 12.1 Å². The molecule has 0 aliphatic rings. The van der Waals surface area contributed by atoms with Crippen molar-refractivity contribution in [1.29, 1.82) is 0 Å². The maximum absolute atomic E-state index is 12.1. The SMILES string of the molecule is CCOc1cc(C=Cc2ccc(OC(=O)OCCNC(=O)C(N)Cc3ccccc3)cc2)cc(OCC)c1.Cl. The van der Waals surface area contributed by atoms with Crippen LogP contribution in [-0.4, -0.2) is 44.5 Å². The van der Waals surface area contributed by atoms with E-state index < -0.39 is 12.2 Å². The number of amides is 1. The lowest BCUT2D eigenvalue weighted by Gasteiger charge is -2.12. The van der Waals surface area contributed by atoms with Gasteiger partial charge in [0.25, 0.3) is 0 Å². The first-order valence-corrected chi connectivity index (χ1v) is 12.6. The molecule has 39 heavy (non-hydrogen) atoms. The zero-order valence-electron chi connectivity index (χ0n) is 22.1. The molecule has 3 aromatic carbocycles. The molecule has 0 radical (unpaired) electrons. The zero-order chi connectivity index (χ0) is 27.2. The van der Waals surface area contributed by atoms with Crippen LogP contribution in [-0.2, 0) is 16.0 Å². The molecular formula is C30H35ClN2O6. The Bertz CT molecular complexity index is 1180. The number of ether oxygens (including phenoxy) is 4. The van der Waals surface area contributed by atoms with Crippen molar-refractivity contribution < 1.29 is 28.5 Å². The van der Waals surface area contributed by atoms with E-state index in [-0.39, 0.29) is 31.5 Å². The third kappa shape index (κ3) is 11.1. The van der Waals surface area contributed by atoms with Crippen LogP contribution in [0.15, 0.2) is 72.8 Å². The summed E-state index contributed by atoms with van der Waals surface area (Å²) >= 11 is 0. The number of hydrogen-bond acceptors (Lipinski definition) is 7. The average molecular weight is 555 g/mol. The van der Waals surface area contributed by atoms with Gasteiger partial charge in [-0.3, -0.25) is 4.79 Å². The standard InChI is InChI=1S/C30H34N2O6.ClH/c1-3-35-26-18-24(19-27(21-26)36-4-2)11-10-22-12-14-25(15-13-22)38-30(34)37-17-16-32-29(33)28(31)20-23-8-6-5-7-9-23;/h5-15,18-19,21,28H,3-4,16-17,20,31H2,1-2H3,(H,32,33);1H. The van der Waals surface area contributed by atoms with Gasteiger partial charge in [-0.2, -0.15) is 0 Å². The summed E-state index contributed by atoms with van der Waals surface area (Å²) in [6.07, 6.45) is 3.46. The van der Waals surface area contributed by atoms with Gasteiger partial charge < -0.3 is 30.0 Å². The summed E-state index contributed by atoms with van der Waals surface area (Å²) in [6.45, 7) is 5.11. The Hall–Kier alpha value is -4.01. The van der Waals surface area contributed by atoms with Crippen LogP contribution in [0.5, 0.6) is 17.2 Å². The maximum atomic E-state index is 12.1. The van der Waals surface area contributed by atoms with Gasteiger partial charge in [0.1, 0.15) is 23.9 Å². The van der Waals surface area contributed by atoms with E-state index in [2.05, 4.69) is 5.32 Å². The van der Waals surface area contributed by atoms with E-state index in [1.807, 2.05) is 86.7 Å². The average Bonchev–Trinajstić information content (AvgIpc) is 2.91. The van der Waals surface area contributed by atoms with Crippen molar-refractivity contribution >= 4 is 36.6 Å². The third-order valence-corrected chi connectivity index (χ3v) is 5.33. The van der Waals surface area contributed by atoms with Gasteiger partial charge in [-0.05, 0) is 61.2 Å². The molecule has 3 aromatic rings. The van der Waals surface area contributed by atoms with E-state index in [9.17, 15) is 9.59 Å². The fourth-order valence-electron chi connectivity index (χ4n) is 3.56.